The van der Waals surface area contributed by atoms with E-state index in [1.54, 1.807) is 37.8 Å². The quantitative estimate of drug-likeness (QED) is 0.771. The summed E-state index contributed by atoms with van der Waals surface area (Å²) < 4.78 is 3.05. The molecule has 2 aromatic heterocycles. The van der Waals surface area contributed by atoms with Crippen LogP contribution >= 0.6 is 0 Å². The van der Waals surface area contributed by atoms with E-state index in [1.165, 1.54) is 4.57 Å². The number of pyridine rings is 1. The van der Waals surface area contributed by atoms with Crippen LogP contribution in [0.1, 0.15) is 47.1 Å². The van der Waals surface area contributed by atoms with Gasteiger partial charge in [0.1, 0.15) is 11.4 Å². The van der Waals surface area contributed by atoms with E-state index < -0.39 is 5.91 Å². The number of hydrogen-bond donors (Lipinski definition) is 1. The van der Waals surface area contributed by atoms with Gasteiger partial charge in [0.25, 0.3) is 11.5 Å². The maximum atomic E-state index is 13.0. The van der Waals surface area contributed by atoms with Crippen molar-refractivity contribution in [3.63, 3.8) is 0 Å². The van der Waals surface area contributed by atoms with Gasteiger partial charge in [0.15, 0.2) is 0 Å². The number of aryl methyl sites for hydroxylation is 3. The predicted octanol–water partition coefficient (Wildman–Crippen LogP) is 2.96. The summed E-state index contributed by atoms with van der Waals surface area (Å²) in [5, 5.41) is 6.73. The summed E-state index contributed by atoms with van der Waals surface area (Å²) in [7, 11) is 1.74. The average Bonchev–Trinajstić information content (AvgIpc) is 2.92. The normalized spacial score (nSPS) is 11.0. The minimum atomic E-state index is -0.516. The fourth-order valence-electron chi connectivity index (χ4n) is 2.82. The van der Waals surface area contributed by atoms with E-state index in [2.05, 4.69) is 29.2 Å². The first-order valence-corrected chi connectivity index (χ1v) is 8.79. The van der Waals surface area contributed by atoms with Crippen LogP contribution in [0.3, 0.4) is 0 Å². The van der Waals surface area contributed by atoms with Crippen molar-refractivity contribution < 1.29 is 4.79 Å². The number of aromatic nitrogens is 4. The molecule has 0 aliphatic heterocycles. The van der Waals surface area contributed by atoms with Crippen molar-refractivity contribution in [2.75, 3.05) is 5.32 Å². The lowest BCUT2D eigenvalue weighted by atomic mass is 10.0. The highest BCUT2D eigenvalue weighted by Crippen LogP contribution is 2.18. The maximum absolute atomic E-state index is 13.0. The van der Waals surface area contributed by atoms with Crippen LogP contribution in [0, 0.1) is 13.8 Å². The van der Waals surface area contributed by atoms with Crippen LogP contribution in [0.2, 0.25) is 0 Å². The van der Waals surface area contributed by atoms with E-state index in [1.807, 2.05) is 24.3 Å². The molecule has 0 radical (unpaired) electrons. The van der Waals surface area contributed by atoms with Gasteiger partial charge in [-0.1, -0.05) is 26.0 Å². The second-order valence-electron chi connectivity index (χ2n) is 6.86. The molecule has 0 saturated carbocycles. The van der Waals surface area contributed by atoms with Crippen molar-refractivity contribution >= 4 is 11.9 Å². The highest BCUT2D eigenvalue weighted by atomic mass is 16.2. The van der Waals surface area contributed by atoms with E-state index in [4.69, 9.17) is 0 Å². The van der Waals surface area contributed by atoms with Crippen LogP contribution < -0.4 is 10.9 Å². The summed E-state index contributed by atoms with van der Waals surface area (Å²) in [6.45, 7) is 7.71. The number of anilines is 1. The third-order valence-electron chi connectivity index (χ3n) is 4.55. The van der Waals surface area contributed by atoms with Gasteiger partial charge in [0, 0.05) is 18.9 Å². The van der Waals surface area contributed by atoms with Crippen LogP contribution in [0.4, 0.5) is 5.95 Å². The maximum Gasteiger partial charge on any atom is 0.268 e. The Morgan fingerprint density at radius 2 is 1.93 bits per heavy atom. The Labute approximate surface area is 157 Å². The first kappa shape index (κ1) is 18.6. The highest BCUT2D eigenvalue weighted by molar-refractivity contribution is 6.04. The number of hydrogen-bond acceptors (Lipinski definition) is 4. The Balaban J connectivity index is 2.02. The second-order valence-corrected chi connectivity index (χ2v) is 6.86. The molecule has 0 spiro atoms. The molecule has 7 nitrogen and oxygen atoms in total. The van der Waals surface area contributed by atoms with Crippen LogP contribution in [0.15, 0.2) is 41.3 Å². The Morgan fingerprint density at radius 3 is 2.56 bits per heavy atom. The summed E-state index contributed by atoms with van der Waals surface area (Å²) >= 11 is 0. The molecule has 0 atom stereocenters. The molecular formula is C20H23N5O2. The molecule has 0 aliphatic rings. The zero-order valence-electron chi connectivity index (χ0n) is 16.1. The third-order valence-corrected chi connectivity index (χ3v) is 4.55. The van der Waals surface area contributed by atoms with Crippen molar-refractivity contribution in [2.24, 2.45) is 7.05 Å². The van der Waals surface area contributed by atoms with Gasteiger partial charge in [0.05, 0.1) is 0 Å². The summed E-state index contributed by atoms with van der Waals surface area (Å²) in [5.74, 6) is 0.666. The molecule has 3 aromatic rings. The lowest BCUT2D eigenvalue weighted by Crippen LogP contribution is -2.29. The Bertz CT molecular complexity index is 1040. The number of carbonyl (C=O) groups is 1. The van der Waals surface area contributed by atoms with E-state index in [0.717, 1.165) is 11.3 Å². The second kappa shape index (κ2) is 7.19. The molecule has 0 unspecified atom stereocenters. The molecule has 0 bridgehead atoms. The molecule has 0 saturated heterocycles. The summed E-state index contributed by atoms with van der Waals surface area (Å²) in [4.78, 5) is 29.9. The lowest BCUT2D eigenvalue weighted by Gasteiger charge is -2.12. The summed E-state index contributed by atoms with van der Waals surface area (Å²) in [6.07, 6.45) is 1.69. The van der Waals surface area contributed by atoms with E-state index in [9.17, 15) is 9.59 Å². The molecule has 3 rings (SSSR count). The van der Waals surface area contributed by atoms with E-state index in [-0.39, 0.29) is 17.1 Å². The zero-order chi connectivity index (χ0) is 19.7. The SMILES string of the molecule is Cc1ccn(-c2cccc(C(C)C)c2)c(=O)c1C(=O)Nc1nc(C)n(C)n1. The van der Waals surface area contributed by atoms with Gasteiger partial charge in [-0.25, -0.2) is 0 Å². The van der Waals surface area contributed by atoms with Gasteiger partial charge >= 0.3 is 0 Å². The van der Waals surface area contributed by atoms with E-state index >= 15 is 0 Å². The van der Waals surface area contributed by atoms with Crippen LogP contribution in [0.25, 0.3) is 5.69 Å². The van der Waals surface area contributed by atoms with Crippen molar-refractivity contribution in [3.05, 3.63) is 69.4 Å². The van der Waals surface area contributed by atoms with Crippen molar-refractivity contribution in [1.29, 1.82) is 0 Å². The number of rotatable bonds is 4. The molecule has 2 heterocycles. The smallest absolute Gasteiger partial charge is 0.268 e. The van der Waals surface area contributed by atoms with Gasteiger partial charge in [-0.15, -0.1) is 5.10 Å². The van der Waals surface area contributed by atoms with E-state index in [0.29, 0.717) is 17.3 Å². The molecule has 7 heteroatoms. The largest absolute Gasteiger partial charge is 0.289 e. The van der Waals surface area contributed by atoms with Crippen LogP contribution in [-0.4, -0.2) is 25.2 Å². The fraction of sp³-hybridized carbons (Fsp3) is 0.300. The monoisotopic (exact) mass is 365 g/mol. The van der Waals surface area contributed by atoms with Crippen molar-refractivity contribution in [3.8, 4) is 5.69 Å². The van der Waals surface area contributed by atoms with Crippen LogP contribution in [-0.2, 0) is 7.05 Å². The Hall–Kier alpha value is -3.22. The highest BCUT2D eigenvalue weighted by Gasteiger charge is 2.18. The molecule has 0 fully saturated rings. The molecular weight excluding hydrogens is 342 g/mol. The number of benzene rings is 1. The number of amides is 1. The number of nitrogens with zero attached hydrogens (tertiary/aromatic N) is 4. The Kier molecular flexibility index (Phi) is 4.94. The molecule has 1 amide bonds. The average molecular weight is 365 g/mol. The molecule has 1 N–H and O–H groups in total. The molecule has 140 valence electrons. The molecule has 0 aliphatic carbocycles. The summed E-state index contributed by atoms with van der Waals surface area (Å²) in [6, 6.07) is 9.52. The minimum Gasteiger partial charge on any atom is -0.289 e. The first-order valence-electron chi connectivity index (χ1n) is 8.79. The van der Waals surface area contributed by atoms with Gasteiger partial charge in [-0.05, 0) is 49.1 Å². The third kappa shape index (κ3) is 3.67. The predicted molar refractivity (Wildman–Crippen MR) is 105 cm³/mol. The fourth-order valence-corrected chi connectivity index (χ4v) is 2.82. The van der Waals surface area contributed by atoms with Gasteiger partial charge < -0.3 is 0 Å². The standard InChI is InChI=1S/C20H23N5O2/c1-12(2)15-7-6-8-16(11-15)25-10-9-13(3)17(19(25)27)18(26)22-20-21-14(4)24(5)23-20/h6-12H,1-5H3,(H,22,23,26). The number of carbonyl (C=O) groups excluding carboxylic acids is 1. The van der Waals surface area contributed by atoms with Gasteiger partial charge in [-0.3, -0.25) is 24.2 Å². The van der Waals surface area contributed by atoms with Gasteiger partial charge in [0.2, 0.25) is 5.95 Å². The van der Waals surface area contributed by atoms with Crippen molar-refractivity contribution in [2.45, 2.75) is 33.6 Å². The lowest BCUT2D eigenvalue weighted by molar-refractivity contribution is 0.102. The van der Waals surface area contributed by atoms with Crippen molar-refractivity contribution in [1.82, 2.24) is 19.3 Å². The Morgan fingerprint density at radius 1 is 1.19 bits per heavy atom. The minimum absolute atomic E-state index is 0.0811. The zero-order valence-corrected chi connectivity index (χ0v) is 16.1. The van der Waals surface area contributed by atoms with Crippen LogP contribution in [0.5, 0.6) is 0 Å². The summed E-state index contributed by atoms with van der Waals surface area (Å²) in [5.41, 5.74) is 2.16. The van der Waals surface area contributed by atoms with Gasteiger partial charge in [-0.2, -0.15) is 4.98 Å². The number of nitrogens with one attached hydrogen (secondary N) is 1. The molecule has 1 aromatic carbocycles. The molecule has 27 heavy (non-hydrogen) atoms. The first-order chi connectivity index (χ1) is 12.8. The topological polar surface area (TPSA) is 81.8 Å².